The molecule has 1 aliphatic rings. The summed E-state index contributed by atoms with van der Waals surface area (Å²) in [6.45, 7) is 7.32. The Morgan fingerprint density at radius 3 is 2.26 bits per heavy atom. The van der Waals surface area contributed by atoms with E-state index in [9.17, 15) is 14.7 Å². The third-order valence-electron chi connectivity index (χ3n) is 3.55. The van der Waals surface area contributed by atoms with Crippen molar-refractivity contribution < 1.29 is 14.7 Å². The standard InChI is InChI=1S/C14H26N2O3/c1-10(16-12(18)13(2,3)4)11(17)15-9-14(19)7-5-6-8-14/h10,19H,5-9H2,1-4H3,(H,15,17)(H,16,18). The van der Waals surface area contributed by atoms with Crippen molar-refractivity contribution in [2.45, 2.75) is 65.0 Å². The highest BCUT2D eigenvalue weighted by Crippen LogP contribution is 2.28. The van der Waals surface area contributed by atoms with Gasteiger partial charge in [-0.05, 0) is 19.8 Å². The van der Waals surface area contributed by atoms with Gasteiger partial charge in [0.1, 0.15) is 6.04 Å². The quantitative estimate of drug-likeness (QED) is 0.712. The van der Waals surface area contributed by atoms with Crippen molar-refractivity contribution >= 4 is 11.8 Å². The van der Waals surface area contributed by atoms with Crippen LogP contribution in [0.3, 0.4) is 0 Å². The highest BCUT2D eigenvalue weighted by molar-refractivity contribution is 5.89. The van der Waals surface area contributed by atoms with Crippen LogP contribution in [0.4, 0.5) is 0 Å². The molecular formula is C14H26N2O3. The first kappa shape index (κ1) is 16.0. The van der Waals surface area contributed by atoms with Crippen molar-refractivity contribution in [3.05, 3.63) is 0 Å². The summed E-state index contributed by atoms with van der Waals surface area (Å²) in [5.74, 6) is -0.410. The van der Waals surface area contributed by atoms with Crippen molar-refractivity contribution in [3.8, 4) is 0 Å². The average Bonchev–Trinajstić information content (AvgIpc) is 2.72. The summed E-state index contributed by atoms with van der Waals surface area (Å²) in [5.41, 5.74) is -1.28. The Bertz CT molecular complexity index is 341. The van der Waals surface area contributed by atoms with Crippen molar-refractivity contribution in [1.82, 2.24) is 10.6 Å². The monoisotopic (exact) mass is 270 g/mol. The fraction of sp³-hybridized carbons (Fsp3) is 0.857. The minimum atomic E-state index is -0.760. The molecule has 1 saturated carbocycles. The summed E-state index contributed by atoms with van der Waals surface area (Å²) in [7, 11) is 0. The van der Waals surface area contributed by atoms with E-state index in [0.29, 0.717) is 0 Å². The number of amides is 2. The smallest absolute Gasteiger partial charge is 0.242 e. The Labute approximate surface area is 115 Å². The van der Waals surface area contributed by atoms with Crippen molar-refractivity contribution in [2.75, 3.05) is 6.54 Å². The molecule has 2 amide bonds. The topological polar surface area (TPSA) is 78.4 Å². The molecule has 0 heterocycles. The fourth-order valence-corrected chi connectivity index (χ4v) is 2.09. The van der Waals surface area contributed by atoms with Gasteiger partial charge in [-0.2, -0.15) is 0 Å². The Balaban J connectivity index is 2.39. The summed E-state index contributed by atoms with van der Waals surface area (Å²) < 4.78 is 0. The summed E-state index contributed by atoms with van der Waals surface area (Å²) in [5, 5.41) is 15.5. The zero-order chi connectivity index (χ0) is 14.7. The van der Waals surface area contributed by atoms with Crippen LogP contribution in [0.1, 0.15) is 53.4 Å². The van der Waals surface area contributed by atoms with Crippen LogP contribution in [0.5, 0.6) is 0 Å². The molecule has 1 unspecified atom stereocenters. The molecule has 1 fully saturated rings. The van der Waals surface area contributed by atoms with Gasteiger partial charge in [0.05, 0.1) is 5.60 Å². The highest BCUT2D eigenvalue weighted by atomic mass is 16.3. The van der Waals surface area contributed by atoms with Crippen LogP contribution in [0.2, 0.25) is 0 Å². The molecule has 110 valence electrons. The maximum Gasteiger partial charge on any atom is 0.242 e. The zero-order valence-corrected chi connectivity index (χ0v) is 12.4. The molecule has 0 aromatic rings. The van der Waals surface area contributed by atoms with Crippen LogP contribution >= 0.6 is 0 Å². The van der Waals surface area contributed by atoms with Gasteiger partial charge in [-0.1, -0.05) is 33.6 Å². The lowest BCUT2D eigenvalue weighted by Crippen LogP contribution is -2.51. The predicted molar refractivity (Wildman–Crippen MR) is 73.5 cm³/mol. The van der Waals surface area contributed by atoms with Gasteiger partial charge in [0.2, 0.25) is 11.8 Å². The van der Waals surface area contributed by atoms with Crippen molar-refractivity contribution in [2.24, 2.45) is 5.41 Å². The minimum absolute atomic E-state index is 0.158. The van der Waals surface area contributed by atoms with Crippen LogP contribution in [-0.4, -0.2) is 35.1 Å². The summed E-state index contributed by atoms with van der Waals surface area (Å²) >= 11 is 0. The number of aliphatic hydroxyl groups is 1. The van der Waals surface area contributed by atoms with Gasteiger partial charge in [-0.25, -0.2) is 0 Å². The molecule has 0 aliphatic heterocycles. The third-order valence-corrected chi connectivity index (χ3v) is 3.55. The van der Waals surface area contributed by atoms with Crippen molar-refractivity contribution in [1.29, 1.82) is 0 Å². The molecule has 0 spiro atoms. The van der Waals surface area contributed by atoms with Crippen molar-refractivity contribution in [3.63, 3.8) is 0 Å². The molecule has 5 nitrogen and oxygen atoms in total. The molecule has 0 aromatic carbocycles. The fourth-order valence-electron chi connectivity index (χ4n) is 2.09. The molecule has 1 atom stereocenters. The second kappa shape index (κ2) is 5.90. The Hall–Kier alpha value is -1.10. The second-order valence-corrected chi connectivity index (χ2v) is 6.59. The van der Waals surface area contributed by atoms with E-state index < -0.39 is 17.1 Å². The van der Waals surface area contributed by atoms with Gasteiger partial charge < -0.3 is 15.7 Å². The number of carbonyl (C=O) groups is 2. The van der Waals surface area contributed by atoms with Crippen LogP contribution < -0.4 is 10.6 Å². The number of hydrogen-bond donors (Lipinski definition) is 3. The van der Waals surface area contributed by atoms with Gasteiger partial charge in [0, 0.05) is 12.0 Å². The summed E-state index contributed by atoms with van der Waals surface area (Å²) in [6, 6.07) is -0.586. The first-order chi connectivity index (χ1) is 8.64. The Morgan fingerprint density at radius 1 is 1.26 bits per heavy atom. The molecule has 0 aromatic heterocycles. The Kier molecular flexibility index (Phi) is 4.96. The van der Waals surface area contributed by atoms with Gasteiger partial charge in [-0.15, -0.1) is 0 Å². The normalized spacial score (nSPS) is 19.8. The third kappa shape index (κ3) is 4.82. The van der Waals surface area contributed by atoms with Gasteiger partial charge in [0.15, 0.2) is 0 Å². The maximum atomic E-state index is 11.9. The number of hydrogen-bond acceptors (Lipinski definition) is 3. The predicted octanol–water partition coefficient (Wildman–Crippen LogP) is 0.958. The lowest BCUT2D eigenvalue weighted by Gasteiger charge is -2.25. The second-order valence-electron chi connectivity index (χ2n) is 6.59. The first-order valence-corrected chi connectivity index (χ1v) is 6.95. The van der Waals surface area contributed by atoms with Crippen LogP contribution in [0, 0.1) is 5.41 Å². The van der Waals surface area contributed by atoms with Gasteiger partial charge >= 0.3 is 0 Å². The lowest BCUT2D eigenvalue weighted by atomic mass is 9.95. The van der Waals surface area contributed by atoms with Crippen LogP contribution in [-0.2, 0) is 9.59 Å². The SMILES string of the molecule is CC(NC(=O)C(C)(C)C)C(=O)NCC1(O)CCCC1. The summed E-state index contributed by atoms with van der Waals surface area (Å²) in [4.78, 5) is 23.6. The molecule has 3 N–H and O–H groups in total. The maximum absolute atomic E-state index is 11.9. The number of rotatable bonds is 4. The van der Waals surface area contributed by atoms with E-state index in [1.54, 1.807) is 27.7 Å². The summed E-state index contributed by atoms with van der Waals surface area (Å²) in [6.07, 6.45) is 3.47. The molecule has 1 rings (SSSR count). The lowest BCUT2D eigenvalue weighted by molar-refractivity contribution is -0.133. The van der Waals surface area contributed by atoms with E-state index in [-0.39, 0.29) is 18.4 Å². The number of carbonyl (C=O) groups excluding carboxylic acids is 2. The molecule has 19 heavy (non-hydrogen) atoms. The highest BCUT2D eigenvalue weighted by Gasteiger charge is 2.32. The zero-order valence-electron chi connectivity index (χ0n) is 12.4. The van der Waals surface area contributed by atoms with Crippen LogP contribution in [0.25, 0.3) is 0 Å². The average molecular weight is 270 g/mol. The van der Waals surface area contributed by atoms with E-state index in [2.05, 4.69) is 10.6 Å². The molecule has 0 bridgehead atoms. The largest absolute Gasteiger partial charge is 0.388 e. The van der Waals surface area contributed by atoms with Gasteiger partial charge in [0.25, 0.3) is 0 Å². The van der Waals surface area contributed by atoms with E-state index in [1.807, 2.05) is 0 Å². The minimum Gasteiger partial charge on any atom is -0.388 e. The molecular weight excluding hydrogens is 244 g/mol. The molecule has 0 saturated heterocycles. The van der Waals surface area contributed by atoms with E-state index in [1.165, 1.54) is 0 Å². The van der Waals surface area contributed by atoms with E-state index in [0.717, 1.165) is 25.7 Å². The Morgan fingerprint density at radius 2 is 1.79 bits per heavy atom. The molecule has 5 heteroatoms. The van der Waals surface area contributed by atoms with E-state index >= 15 is 0 Å². The van der Waals surface area contributed by atoms with Crippen LogP contribution in [0.15, 0.2) is 0 Å². The van der Waals surface area contributed by atoms with Gasteiger partial charge in [-0.3, -0.25) is 9.59 Å². The van der Waals surface area contributed by atoms with E-state index in [4.69, 9.17) is 0 Å². The first-order valence-electron chi connectivity index (χ1n) is 6.95. The molecule has 1 aliphatic carbocycles. The number of nitrogens with one attached hydrogen (secondary N) is 2. The molecule has 0 radical (unpaired) electrons.